The van der Waals surface area contributed by atoms with Gasteiger partial charge in [0.2, 0.25) is 0 Å². The Labute approximate surface area is 110 Å². The maximum absolute atomic E-state index is 6.00. The number of hydrogen-bond acceptors (Lipinski definition) is 2. The minimum atomic E-state index is 0.418. The van der Waals surface area contributed by atoms with Gasteiger partial charge in [-0.05, 0) is 17.7 Å². The zero-order valence-electron chi connectivity index (χ0n) is 10.0. The molecule has 0 aliphatic carbocycles. The molecule has 0 atom stereocenters. The van der Waals surface area contributed by atoms with Crippen LogP contribution >= 0.6 is 15.9 Å². The summed E-state index contributed by atoms with van der Waals surface area (Å²) in [6.07, 6.45) is 3.83. The zero-order chi connectivity index (χ0) is 12.4. The van der Waals surface area contributed by atoms with E-state index in [1.807, 2.05) is 30.6 Å². The van der Waals surface area contributed by atoms with Crippen molar-refractivity contribution in [1.29, 1.82) is 0 Å². The van der Waals surface area contributed by atoms with Crippen molar-refractivity contribution in [2.45, 2.75) is 26.3 Å². The van der Waals surface area contributed by atoms with Crippen molar-refractivity contribution < 1.29 is 0 Å². The molecule has 0 aliphatic rings. The first-order valence-electron chi connectivity index (χ1n) is 5.63. The van der Waals surface area contributed by atoms with Crippen LogP contribution in [0.1, 0.15) is 31.2 Å². The van der Waals surface area contributed by atoms with E-state index in [0.29, 0.717) is 5.92 Å². The Kier molecular flexibility index (Phi) is 3.52. The number of nitrogens with two attached hydrogens (primary N) is 1. The van der Waals surface area contributed by atoms with E-state index < -0.39 is 0 Å². The summed E-state index contributed by atoms with van der Waals surface area (Å²) in [7, 11) is 0. The van der Waals surface area contributed by atoms with E-state index in [9.17, 15) is 0 Å². The third-order valence-electron chi connectivity index (χ3n) is 2.71. The average Bonchev–Trinajstić information content (AvgIpc) is 2.70. The van der Waals surface area contributed by atoms with Gasteiger partial charge in [0, 0.05) is 28.5 Å². The molecule has 0 bridgehead atoms. The van der Waals surface area contributed by atoms with Crippen LogP contribution in [0, 0.1) is 0 Å². The fraction of sp³-hybridized carbons (Fsp3) is 0.308. The van der Waals surface area contributed by atoms with Gasteiger partial charge in [0.25, 0.3) is 0 Å². The van der Waals surface area contributed by atoms with Crippen LogP contribution in [0.25, 0.3) is 0 Å². The largest absolute Gasteiger partial charge is 0.398 e. The molecular weight excluding hydrogens is 278 g/mol. The number of nitrogens with zero attached hydrogens (tertiary/aromatic N) is 2. The average molecular weight is 294 g/mol. The third-order valence-corrected chi connectivity index (χ3v) is 3.21. The highest BCUT2D eigenvalue weighted by Gasteiger charge is 2.08. The monoisotopic (exact) mass is 293 g/mol. The van der Waals surface area contributed by atoms with Gasteiger partial charge in [0.05, 0.1) is 6.54 Å². The first-order valence-corrected chi connectivity index (χ1v) is 6.42. The molecule has 2 N–H and O–H groups in total. The van der Waals surface area contributed by atoms with Gasteiger partial charge in [-0.2, -0.15) is 0 Å². The predicted molar refractivity (Wildman–Crippen MR) is 74.0 cm³/mol. The van der Waals surface area contributed by atoms with Crippen LogP contribution in [0.5, 0.6) is 0 Å². The summed E-state index contributed by atoms with van der Waals surface area (Å²) in [5.74, 6) is 1.51. The van der Waals surface area contributed by atoms with Gasteiger partial charge >= 0.3 is 0 Å². The second-order valence-electron chi connectivity index (χ2n) is 4.41. The van der Waals surface area contributed by atoms with Gasteiger partial charge in [-0.1, -0.05) is 35.8 Å². The highest BCUT2D eigenvalue weighted by atomic mass is 79.9. The quantitative estimate of drug-likeness (QED) is 0.882. The Balaban J connectivity index is 2.28. The van der Waals surface area contributed by atoms with Crippen molar-refractivity contribution >= 4 is 21.6 Å². The van der Waals surface area contributed by atoms with Crippen LogP contribution in [-0.2, 0) is 6.54 Å². The molecule has 0 saturated heterocycles. The molecule has 0 fully saturated rings. The minimum absolute atomic E-state index is 0.418. The Bertz CT molecular complexity index is 517. The lowest BCUT2D eigenvalue weighted by atomic mass is 10.1. The van der Waals surface area contributed by atoms with Crippen LogP contribution < -0.4 is 5.73 Å². The molecule has 90 valence electrons. The van der Waals surface area contributed by atoms with Crippen molar-refractivity contribution in [1.82, 2.24) is 9.55 Å². The van der Waals surface area contributed by atoms with Crippen molar-refractivity contribution in [2.75, 3.05) is 5.73 Å². The maximum Gasteiger partial charge on any atom is 0.111 e. The molecule has 3 nitrogen and oxygen atoms in total. The molecule has 0 aliphatic heterocycles. The number of imidazole rings is 1. The summed E-state index contributed by atoms with van der Waals surface area (Å²) < 4.78 is 3.15. The normalized spacial score (nSPS) is 11.1. The molecule has 1 aromatic heterocycles. The molecule has 0 spiro atoms. The first-order chi connectivity index (χ1) is 8.08. The fourth-order valence-corrected chi connectivity index (χ4v) is 2.23. The molecule has 0 unspecified atom stereocenters. The molecule has 0 saturated carbocycles. The molecule has 0 amide bonds. The number of rotatable bonds is 3. The lowest BCUT2D eigenvalue weighted by Gasteiger charge is -2.12. The zero-order valence-corrected chi connectivity index (χ0v) is 11.6. The number of anilines is 1. The molecule has 2 rings (SSSR count). The molecule has 17 heavy (non-hydrogen) atoms. The number of aromatic nitrogens is 2. The highest BCUT2D eigenvalue weighted by molar-refractivity contribution is 9.10. The second-order valence-corrected chi connectivity index (χ2v) is 5.33. The standard InChI is InChI=1S/C13H16BrN3/c1-9(2)13-16-5-6-17(13)8-10-3-4-11(14)7-12(10)15/h3-7,9H,8,15H2,1-2H3. The SMILES string of the molecule is CC(C)c1nccn1Cc1ccc(Br)cc1N. The summed E-state index contributed by atoms with van der Waals surface area (Å²) in [6, 6.07) is 5.99. The van der Waals surface area contributed by atoms with E-state index >= 15 is 0 Å². The molecule has 0 radical (unpaired) electrons. The van der Waals surface area contributed by atoms with Crippen molar-refractivity contribution in [3.8, 4) is 0 Å². The van der Waals surface area contributed by atoms with Crippen molar-refractivity contribution in [3.63, 3.8) is 0 Å². The van der Waals surface area contributed by atoms with Crippen LogP contribution in [-0.4, -0.2) is 9.55 Å². The Hall–Kier alpha value is -1.29. The van der Waals surface area contributed by atoms with E-state index in [2.05, 4.69) is 39.3 Å². The lowest BCUT2D eigenvalue weighted by molar-refractivity contribution is 0.670. The smallest absolute Gasteiger partial charge is 0.111 e. The number of nitrogen functional groups attached to an aromatic ring is 1. The van der Waals surface area contributed by atoms with Crippen LogP contribution in [0.15, 0.2) is 35.1 Å². The Morgan fingerprint density at radius 3 is 2.82 bits per heavy atom. The fourth-order valence-electron chi connectivity index (χ4n) is 1.85. The van der Waals surface area contributed by atoms with E-state index in [1.54, 1.807) is 0 Å². The molecule has 2 aromatic rings. The predicted octanol–water partition coefficient (Wildman–Crippen LogP) is 3.40. The van der Waals surface area contributed by atoms with Crippen molar-refractivity contribution in [2.24, 2.45) is 0 Å². The van der Waals surface area contributed by atoms with Gasteiger partial charge in [-0.25, -0.2) is 4.98 Å². The Morgan fingerprint density at radius 1 is 1.41 bits per heavy atom. The first kappa shape index (κ1) is 12.2. The number of halogens is 1. The summed E-state index contributed by atoms with van der Waals surface area (Å²) in [6.45, 7) is 5.06. The summed E-state index contributed by atoms with van der Waals surface area (Å²) in [5.41, 5.74) is 7.93. The Morgan fingerprint density at radius 2 is 2.18 bits per heavy atom. The van der Waals surface area contributed by atoms with Gasteiger partial charge in [0.1, 0.15) is 5.82 Å². The van der Waals surface area contributed by atoms with Gasteiger partial charge in [0.15, 0.2) is 0 Å². The summed E-state index contributed by atoms with van der Waals surface area (Å²) in [5, 5.41) is 0. The number of hydrogen-bond donors (Lipinski definition) is 1. The van der Waals surface area contributed by atoms with E-state index in [4.69, 9.17) is 5.73 Å². The topological polar surface area (TPSA) is 43.8 Å². The van der Waals surface area contributed by atoms with Crippen LogP contribution in [0.4, 0.5) is 5.69 Å². The maximum atomic E-state index is 6.00. The van der Waals surface area contributed by atoms with E-state index in [0.717, 1.165) is 28.1 Å². The van der Waals surface area contributed by atoms with Gasteiger partial charge in [-0.3, -0.25) is 0 Å². The lowest BCUT2D eigenvalue weighted by Crippen LogP contribution is -2.07. The van der Waals surface area contributed by atoms with Crippen LogP contribution in [0.3, 0.4) is 0 Å². The van der Waals surface area contributed by atoms with Gasteiger partial charge < -0.3 is 10.3 Å². The molecule has 1 heterocycles. The molecular formula is C13H16BrN3. The van der Waals surface area contributed by atoms with E-state index in [1.165, 1.54) is 0 Å². The van der Waals surface area contributed by atoms with Crippen LogP contribution in [0.2, 0.25) is 0 Å². The molecule has 4 heteroatoms. The molecule has 1 aromatic carbocycles. The van der Waals surface area contributed by atoms with E-state index in [-0.39, 0.29) is 0 Å². The number of benzene rings is 1. The summed E-state index contributed by atoms with van der Waals surface area (Å²) in [4.78, 5) is 4.37. The second kappa shape index (κ2) is 4.92. The third kappa shape index (κ3) is 2.69. The van der Waals surface area contributed by atoms with Gasteiger partial charge in [-0.15, -0.1) is 0 Å². The highest BCUT2D eigenvalue weighted by Crippen LogP contribution is 2.21. The minimum Gasteiger partial charge on any atom is -0.398 e. The summed E-state index contributed by atoms with van der Waals surface area (Å²) >= 11 is 3.41. The van der Waals surface area contributed by atoms with Crippen molar-refractivity contribution in [3.05, 3.63) is 46.5 Å².